The molecule has 1 N–H and O–H groups in total. The maximum atomic E-state index is 13.8. The number of benzene rings is 4. The monoisotopic (exact) mass is 753 g/mol. The Bertz CT molecular complexity index is 1920. The third-order valence-electron chi connectivity index (χ3n) is 9.36. The number of nitrogens with one attached hydrogen (secondary N) is 1. The van der Waals surface area contributed by atoms with Crippen molar-refractivity contribution in [2.75, 3.05) is 89.8 Å². The zero-order chi connectivity index (χ0) is 38.8. The fraction of sp³-hybridized carbons (Fsp3) is 0.419. The number of carbonyl (C=O) groups excluding carboxylic acids is 3. The summed E-state index contributed by atoms with van der Waals surface area (Å²) >= 11 is 0. The van der Waals surface area contributed by atoms with Crippen molar-refractivity contribution in [3.63, 3.8) is 0 Å². The summed E-state index contributed by atoms with van der Waals surface area (Å²) in [6.45, 7) is 11.7. The second-order valence-corrected chi connectivity index (χ2v) is 14.4. The molecule has 2 aliphatic heterocycles. The average Bonchev–Trinajstić information content (AvgIpc) is 3.18. The van der Waals surface area contributed by atoms with E-state index in [-0.39, 0.29) is 18.4 Å². The van der Waals surface area contributed by atoms with E-state index in [1.807, 2.05) is 39.0 Å². The number of hydrogen-bond acceptors (Lipinski definition) is 11. The summed E-state index contributed by atoms with van der Waals surface area (Å²) in [5, 5.41) is 4.99. The van der Waals surface area contributed by atoms with Crippen molar-refractivity contribution in [3.05, 3.63) is 101 Å². The first-order chi connectivity index (χ1) is 26.6. The zero-order valence-corrected chi connectivity index (χ0v) is 32.2. The van der Waals surface area contributed by atoms with E-state index in [0.717, 1.165) is 33.6 Å². The van der Waals surface area contributed by atoms with E-state index in [1.165, 1.54) is 4.90 Å². The standard InChI is InChI=1S/C43H51N3O9/c1-43(2,3)55-42(49)32-11-8-31(9-12-32)29-46-40(47)34-7-5-6-33-36(14-13-35(39(33)34)41(46)48)44-17-16-30-10-15-37(38(28-30)50-4)45-18-20-51-22-24-53-26-27-54-25-23-52-21-19-45/h5-15,28,44H,16-27,29H2,1-4H3. The Morgan fingerprint density at radius 1 is 0.745 bits per heavy atom. The van der Waals surface area contributed by atoms with Crippen LogP contribution in [-0.2, 0) is 36.6 Å². The Hall–Kier alpha value is -5.01. The van der Waals surface area contributed by atoms with Crippen LogP contribution in [0.15, 0.2) is 72.8 Å². The molecule has 12 heteroatoms. The van der Waals surface area contributed by atoms with E-state index in [9.17, 15) is 14.4 Å². The Kier molecular flexibility index (Phi) is 13.4. The third-order valence-corrected chi connectivity index (χ3v) is 9.36. The summed E-state index contributed by atoms with van der Waals surface area (Å²) < 4.78 is 34.1. The van der Waals surface area contributed by atoms with Gasteiger partial charge in [0, 0.05) is 47.2 Å². The van der Waals surface area contributed by atoms with Gasteiger partial charge < -0.3 is 38.6 Å². The minimum atomic E-state index is -0.613. The van der Waals surface area contributed by atoms with Gasteiger partial charge in [-0.05, 0) is 80.8 Å². The number of esters is 1. The van der Waals surface area contributed by atoms with Gasteiger partial charge in [-0.3, -0.25) is 14.5 Å². The number of amides is 2. The molecule has 0 aromatic heterocycles. The molecule has 292 valence electrons. The largest absolute Gasteiger partial charge is 0.495 e. The summed E-state index contributed by atoms with van der Waals surface area (Å²) in [6.07, 6.45) is 0.712. The third kappa shape index (κ3) is 10.2. The molecule has 0 radical (unpaired) electrons. The first-order valence-electron chi connectivity index (χ1n) is 18.8. The molecule has 6 rings (SSSR count). The molecule has 4 aromatic carbocycles. The lowest BCUT2D eigenvalue weighted by Gasteiger charge is -2.28. The van der Waals surface area contributed by atoms with Gasteiger partial charge in [-0.2, -0.15) is 0 Å². The average molecular weight is 754 g/mol. The SMILES string of the molecule is COc1cc(CCNc2ccc3c4c(cccc24)C(=O)N(Cc2ccc(C(=O)OC(C)(C)C)cc2)C3=O)ccc1N1CCOCCOCCOCCOCC1. The van der Waals surface area contributed by atoms with Crippen molar-refractivity contribution >= 4 is 39.9 Å². The fourth-order valence-electron chi connectivity index (χ4n) is 6.65. The summed E-state index contributed by atoms with van der Waals surface area (Å²) in [5.74, 6) is -0.376. The van der Waals surface area contributed by atoms with Gasteiger partial charge in [0.2, 0.25) is 0 Å². The van der Waals surface area contributed by atoms with Crippen molar-refractivity contribution < 1.29 is 42.8 Å². The summed E-state index contributed by atoms with van der Waals surface area (Å²) in [4.78, 5) is 43.5. The van der Waals surface area contributed by atoms with E-state index in [2.05, 4.69) is 28.4 Å². The van der Waals surface area contributed by atoms with Crippen LogP contribution in [0.2, 0.25) is 0 Å². The van der Waals surface area contributed by atoms with Crippen LogP contribution in [0.25, 0.3) is 10.8 Å². The van der Waals surface area contributed by atoms with Crippen LogP contribution in [0.3, 0.4) is 0 Å². The summed E-state index contributed by atoms with van der Waals surface area (Å²) in [7, 11) is 1.68. The number of imide groups is 1. The molecule has 0 bridgehead atoms. The molecule has 55 heavy (non-hydrogen) atoms. The molecule has 1 fully saturated rings. The van der Waals surface area contributed by atoms with E-state index in [0.29, 0.717) is 101 Å². The molecule has 1 saturated heterocycles. The van der Waals surface area contributed by atoms with Gasteiger partial charge in [0.05, 0.1) is 77.8 Å². The first kappa shape index (κ1) is 39.7. The van der Waals surface area contributed by atoms with Crippen LogP contribution in [0, 0.1) is 0 Å². The molecule has 0 unspecified atom stereocenters. The molecular weight excluding hydrogens is 702 g/mol. The molecular formula is C43H51N3O9. The Morgan fingerprint density at radius 3 is 1.96 bits per heavy atom. The highest BCUT2D eigenvalue weighted by Gasteiger charge is 2.33. The number of hydrogen-bond donors (Lipinski definition) is 1. The quantitative estimate of drug-likeness (QED) is 0.157. The number of methoxy groups -OCH3 is 1. The minimum Gasteiger partial charge on any atom is -0.495 e. The van der Waals surface area contributed by atoms with Crippen LogP contribution in [0.5, 0.6) is 5.75 Å². The topological polar surface area (TPSA) is 125 Å². The number of nitrogens with zero attached hydrogens (tertiary/aromatic N) is 2. The lowest BCUT2D eigenvalue weighted by Crippen LogP contribution is -2.39. The van der Waals surface area contributed by atoms with Crippen molar-refractivity contribution in [2.24, 2.45) is 0 Å². The first-order valence-corrected chi connectivity index (χ1v) is 18.8. The smallest absolute Gasteiger partial charge is 0.338 e. The van der Waals surface area contributed by atoms with Gasteiger partial charge in [0.15, 0.2) is 0 Å². The molecule has 2 aliphatic rings. The van der Waals surface area contributed by atoms with Gasteiger partial charge in [0.1, 0.15) is 11.4 Å². The van der Waals surface area contributed by atoms with Crippen molar-refractivity contribution in [1.29, 1.82) is 0 Å². The minimum absolute atomic E-state index is 0.0779. The van der Waals surface area contributed by atoms with Gasteiger partial charge in [-0.25, -0.2) is 4.79 Å². The number of carbonyl (C=O) groups is 3. The van der Waals surface area contributed by atoms with Crippen LogP contribution in [0.1, 0.15) is 63.0 Å². The lowest BCUT2D eigenvalue weighted by molar-refractivity contribution is 0.00206. The van der Waals surface area contributed by atoms with Crippen molar-refractivity contribution in [3.8, 4) is 5.75 Å². The van der Waals surface area contributed by atoms with Gasteiger partial charge in [0.25, 0.3) is 11.8 Å². The number of rotatable bonds is 9. The number of anilines is 2. The number of ether oxygens (including phenoxy) is 6. The molecule has 0 saturated carbocycles. The second kappa shape index (κ2) is 18.5. The van der Waals surface area contributed by atoms with Crippen LogP contribution >= 0.6 is 0 Å². The predicted octanol–water partition coefficient (Wildman–Crippen LogP) is 6.14. The zero-order valence-electron chi connectivity index (χ0n) is 32.2. The second-order valence-electron chi connectivity index (χ2n) is 14.4. The Balaban J connectivity index is 1.11. The van der Waals surface area contributed by atoms with Crippen LogP contribution in [-0.4, -0.2) is 108 Å². The molecule has 0 spiro atoms. The molecule has 12 nitrogen and oxygen atoms in total. The van der Waals surface area contributed by atoms with Crippen LogP contribution in [0.4, 0.5) is 11.4 Å². The van der Waals surface area contributed by atoms with Gasteiger partial charge >= 0.3 is 5.97 Å². The molecule has 4 aromatic rings. The highest BCUT2D eigenvalue weighted by atomic mass is 16.6. The normalized spacial score (nSPS) is 16.4. The van der Waals surface area contributed by atoms with E-state index < -0.39 is 11.6 Å². The fourth-order valence-corrected chi connectivity index (χ4v) is 6.65. The van der Waals surface area contributed by atoms with Gasteiger partial charge in [-0.1, -0.05) is 30.3 Å². The highest BCUT2D eigenvalue weighted by molar-refractivity contribution is 6.26. The molecule has 2 amide bonds. The van der Waals surface area contributed by atoms with Crippen molar-refractivity contribution in [2.45, 2.75) is 39.3 Å². The molecule has 0 atom stereocenters. The van der Waals surface area contributed by atoms with Gasteiger partial charge in [-0.15, -0.1) is 0 Å². The summed E-state index contributed by atoms with van der Waals surface area (Å²) in [5.41, 5.74) is 4.36. The lowest BCUT2D eigenvalue weighted by atomic mass is 9.92. The Morgan fingerprint density at radius 2 is 1.35 bits per heavy atom. The Labute approximate surface area is 322 Å². The summed E-state index contributed by atoms with van der Waals surface area (Å²) in [6, 6.07) is 22.3. The van der Waals surface area contributed by atoms with E-state index in [4.69, 9.17) is 28.4 Å². The van der Waals surface area contributed by atoms with E-state index in [1.54, 1.807) is 43.5 Å². The van der Waals surface area contributed by atoms with Crippen molar-refractivity contribution in [1.82, 2.24) is 4.90 Å². The molecule has 2 heterocycles. The highest BCUT2D eigenvalue weighted by Crippen LogP contribution is 2.35. The maximum Gasteiger partial charge on any atom is 0.338 e. The molecule has 0 aliphatic carbocycles. The van der Waals surface area contributed by atoms with E-state index >= 15 is 0 Å². The predicted molar refractivity (Wildman–Crippen MR) is 210 cm³/mol. The maximum absolute atomic E-state index is 13.8. The van der Waals surface area contributed by atoms with Crippen LogP contribution < -0.4 is 15.0 Å².